The number of hydrogen-bond donors (Lipinski definition) is 1. The summed E-state index contributed by atoms with van der Waals surface area (Å²) in [5.74, 6) is -1.82. The largest absolute Gasteiger partial charge is 0.488 e. The van der Waals surface area contributed by atoms with Crippen LogP contribution in [0.25, 0.3) is 16.9 Å². The molecule has 4 aromatic rings. The SMILES string of the molecule is CC.CC.Cc1ccc(-c2cc(Br)ccc2OCc2cc(F)cc(F)c2)n1-c1cccc(C(=O)O)c1. The molecule has 1 heterocycles. The maximum atomic E-state index is 13.5. The molecule has 0 bridgehead atoms. The monoisotopic (exact) mass is 557 g/mol. The van der Waals surface area contributed by atoms with Gasteiger partial charge in [-0.1, -0.05) is 49.7 Å². The van der Waals surface area contributed by atoms with Gasteiger partial charge in [-0.25, -0.2) is 13.6 Å². The summed E-state index contributed by atoms with van der Waals surface area (Å²) in [6.45, 7) is 9.91. The standard InChI is InChI=1S/C25H18BrF2NO3.2C2H6/c1-15-5-7-23(29(15)21-4-2-3-17(11-21)25(30)31)22-12-18(26)6-8-24(22)32-14-16-9-19(27)13-20(28)10-16;2*1-2/h2-13H,14H2,1H3,(H,30,31);2*1-2H3. The highest BCUT2D eigenvalue weighted by molar-refractivity contribution is 9.10. The van der Waals surface area contributed by atoms with Crippen LogP contribution in [0.1, 0.15) is 49.3 Å². The van der Waals surface area contributed by atoms with Gasteiger partial charge >= 0.3 is 5.97 Å². The summed E-state index contributed by atoms with van der Waals surface area (Å²) in [7, 11) is 0. The van der Waals surface area contributed by atoms with Crippen molar-refractivity contribution in [1.82, 2.24) is 4.57 Å². The zero-order chi connectivity index (χ0) is 26.8. The minimum atomic E-state index is -1.01. The van der Waals surface area contributed by atoms with Crippen LogP contribution in [-0.4, -0.2) is 15.6 Å². The van der Waals surface area contributed by atoms with E-state index in [4.69, 9.17) is 4.74 Å². The Bertz CT molecular complexity index is 1300. The smallest absolute Gasteiger partial charge is 0.335 e. The minimum Gasteiger partial charge on any atom is -0.488 e. The molecule has 0 saturated heterocycles. The predicted octanol–water partition coefficient (Wildman–Crippen LogP) is 8.82. The molecular weight excluding hydrogens is 528 g/mol. The number of aromatic nitrogens is 1. The van der Waals surface area contributed by atoms with Gasteiger partial charge in [-0.3, -0.25) is 0 Å². The first kappa shape index (κ1) is 28.8. The van der Waals surface area contributed by atoms with E-state index in [-0.39, 0.29) is 12.2 Å². The average Bonchev–Trinajstić information content (AvgIpc) is 3.26. The molecule has 0 saturated carbocycles. The number of aryl methyl sites for hydroxylation is 1. The summed E-state index contributed by atoms with van der Waals surface area (Å²) in [5.41, 5.74) is 3.68. The summed E-state index contributed by atoms with van der Waals surface area (Å²) in [6.07, 6.45) is 0. The Morgan fingerprint density at radius 3 is 2.22 bits per heavy atom. The zero-order valence-electron chi connectivity index (χ0n) is 21.0. The van der Waals surface area contributed by atoms with E-state index in [0.29, 0.717) is 17.0 Å². The van der Waals surface area contributed by atoms with Crippen molar-refractivity contribution in [2.75, 3.05) is 0 Å². The molecule has 0 aliphatic rings. The van der Waals surface area contributed by atoms with E-state index < -0.39 is 17.6 Å². The fourth-order valence-electron chi connectivity index (χ4n) is 3.55. The molecule has 4 rings (SSSR count). The summed E-state index contributed by atoms with van der Waals surface area (Å²) in [5, 5.41) is 9.37. The van der Waals surface area contributed by atoms with Crippen LogP contribution in [0.15, 0.2) is 77.3 Å². The van der Waals surface area contributed by atoms with Crippen molar-refractivity contribution in [1.29, 1.82) is 0 Å². The molecule has 0 atom stereocenters. The third kappa shape index (κ3) is 7.04. The molecule has 0 amide bonds. The fraction of sp³-hybridized carbons (Fsp3) is 0.207. The van der Waals surface area contributed by atoms with E-state index in [9.17, 15) is 18.7 Å². The van der Waals surface area contributed by atoms with Crippen molar-refractivity contribution in [3.8, 4) is 22.7 Å². The lowest BCUT2D eigenvalue weighted by atomic mass is 10.1. The fourth-order valence-corrected chi connectivity index (χ4v) is 3.91. The molecule has 190 valence electrons. The molecule has 0 aliphatic carbocycles. The maximum Gasteiger partial charge on any atom is 0.335 e. The van der Waals surface area contributed by atoms with Gasteiger partial charge in [0, 0.05) is 27.5 Å². The lowest BCUT2D eigenvalue weighted by molar-refractivity contribution is 0.0697. The van der Waals surface area contributed by atoms with Crippen LogP contribution in [0.4, 0.5) is 8.78 Å². The quantitative estimate of drug-likeness (QED) is 0.257. The first-order chi connectivity index (χ1) is 17.3. The Labute approximate surface area is 219 Å². The van der Waals surface area contributed by atoms with Gasteiger partial charge in [0.05, 0.1) is 11.3 Å². The van der Waals surface area contributed by atoms with Gasteiger partial charge in [0.25, 0.3) is 0 Å². The number of nitrogens with zero attached hydrogens (tertiary/aromatic N) is 1. The predicted molar refractivity (Wildman–Crippen MR) is 144 cm³/mol. The molecule has 0 radical (unpaired) electrons. The number of rotatable bonds is 6. The zero-order valence-corrected chi connectivity index (χ0v) is 22.6. The Morgan fingerprint density at radius 2 is 1.58 bits per heavy atom. The third-order valence-electron chi connectivity index (χ3n) is 4.96. The first-order valence-corrected chi connectivity index (χ1v) is 12.5. The molecule has 0 unspecified atom stereocenters. The summed E-state index contributed by atoms with van der Waals surface area (Å²) < 4.78 is 35.8. The number of halogens is 3. The van der Waals surface area contributed by atoms with E-state index in [1.165, 1.54) is 18.2 Å². The molecule has 4 nitrogen and oxygen atoms in total. The van der Waals surface area contributed by atoms with E-state index in [1.807, 2.05) is 69.5 Å². The molecule has 1 aromatic heterocycles. The third-order valence-corrected chi connectivity index (χ3v) is 5.45. The number of benzene rings is 3. The van der Waals surface area contributed by atoms with E-state index in [0.717, 1.165) is 27.5 Å². The van der Waals surface area contributed by atoms with Gasteiger partial charge < -0.3 is 14.4 Å². The van der Waals surface area contributed by atoms with Crippen LogP contribution in [0, 0.1) is 18.6 Å². The van der Waals surface area contributed by atoms with Crippen molar-refractivity contribution in [3.63, 3.8) is 0 Å². The summed E-state index contributed by atoms with van der Waals surface area (Å²) in [6, 6.07) is 19.3. The second-order valence-electron chi connectivity index (χ2n) is 7.26. The molecule has 7 heteroatoms. The van der Waals surface area contributed by atoms with Crippen LogP contribution in [0.3, 0.4) is 0 Å². The minimum absolute atomic E-state index is 0.0164. The Kier molecular flexibility index (Phi) is 10.9. The van der Waals surface area contributed by atoms with E-state index >= 15 is 0 Å². The number of ether oxygens (including phenoxy) is 1. The molecule has 0 spiro atoms. The van der Waals surface area contributed by atoms with Crippen LogP contribution < -0.4 is 4.74 Å². The van der Waals surface area contributed by atoms with Crippen LogP contribution in [0.2, 0.25) is 0 Å². The lowest BCUT2D eigenvalue weighted by Gasteiger charge is -2.16. The number of carbonyl (C=O) groups is 1. The van der Waals surface area contributed by atoms with Crippen molar-refractivity contribution in [3.05, 3.63) is 106 Å². The highest BCUT2D eigenvalue weighted by Crippen LogP contribution is 2.36. The maximum absolute atomic E-state index is 13.5. The van der Waals surface area contributed by atoms with Crippen molar-refractivity contribution in [2.24, 2.45) is 0 Å². The molecule has 0 fully saturated rings. The van der Waals surface area contributed by atoms with Crippen molar-refractivity contribution < 1.29 is 23.4 Å². The van der Waals surface area contributed by atoms with Gasteiger partial charge in [0.15, 0.2) is 0 Å². The normalized spacial score (nSPS) is 10.0. The topological polar surface area (TPSA) is 51.5 Å². The molecule has 1 N–H and O–H groups in total. The summed E-state index contributed by atoms with van der Waals surface area (Å²) >= 11 is 3.49. The van der Waals surface area contributed by atoms with E-state index in [2.05, 4.69) is 15.9 Å². The Morgan fingerprint density at radius 1 is 0.917 bits per heavy atom. The van der Waals surface area contributed by atoms with Crippen LogP contribution in [-0.2, 0) is 6.61 Å². The highest BCUT2D eigenvalue weighted by atomic mass is 79.9. The molecule has 36 heavy (non-hydrogen) atoms. The molecule has 3 aromatic carbocycles. The van der Waals surface area contributed by atoms with Gasteiger partial charge in [-0.2, -0.15) is 0 Å². The van der Waals surface area contributed by atoms with Gasteiger partial charge in [0.2, 0.25) is 0 Å². The first-order valence-electron chi connectivity index (χ1n) is 11.7. The van der Waals surface area contributed by atoms with Crippen LogP contribution >= 0.6 is 15.9 Å². The lowest BCUT2D eigenvalue weighted by Crippen LogP contribution is -2.04. The van der Waals surface area contributed by atoms with Gasteiger partial charge in [-0.15, -0.1) is 0 Å². The number of carboxylic acid groups (broad SMARTS) is 1. The van der Waals surface area contributed by atoms with Gasteiger partial charge in [0.1, 0.15) is 24.0 Å². The molecule has 0 aliphatic heterocycles. The Hall–Kier alpha value is -3.45. The van der Waals surface area contributed by atoms with Crippen molar-refractivity contribution in [2.45, 2.75) is 41.2 Å². The van der Waals surface area contributed by atoms with Gasteiger partial charge in [-0.05, 0) is 73.2 Å². The number of aromatic carboxylic acids is 1. The summed E-state index contributed by atoms with van der Waals surface area (Å²) in [4.78, 5) is 11.4. The second-order valence-corrected chi connectivity index (χ2v) is 8.17. The molecular formula is C29H30BrF2NO3. The highest BCUT2D eigenvalue weighted by Gasteiger charge is 2.16. The number of carboxylic acids is 1. The van der Waals surface area contributed by atoms with E-state index in [1.54, 1.807) is 18.2 Å². The Balaban J connectivity index is 0.00000109. The van der Waals surface area contributed by atoms with Crippen molar-refractivity contribution >= 4 is 21.9 Å². The van der Waals surface area contributed by atoms with Crippen LogP contribution in [0.5, 0.6) is 5.75 Å². The average molecular weight is 558 g/mol. The second kappa shape index (κ2) is 13.6. The number of hydrogen-bond acceptors (Lipinski definition) is 2.